The summed E-state index contributed by atoms with van der Waals surface area (Å²) in [6, 6.07) is 0. The van der Waals surface area contributed by atoms with Crippen molar-refractivity contribution < 1.29 is 18.9 Å². The van der Waals surface area contributed by atoms with Crippen molar-refractivity contribution in [2.75, 3.05) is 0 Å². The number of hydrogen-bond donors (Lipinski definition) is 2. The summed E-state index contributed by atoms with van der Waals surface area (Å²) >= 11 is 0. The number of phosphoric ester groups is 1. The van der Waals surface area contributed by atoms with Crippen LogP contribution in [0.2, 0.25) is 0 Å². The van der Waals surface area contributed by atoms with Crippen LogP contribution in [-0.2, 0) is 9.09 Å². The Hall–Kier alpha value is 0.110. The lowest BCUT2D eigenvalue weighted by Crippen LogP contribution is -2.26. The van der Waals surface area contributed by atoms with Crippen LogP contribution < -0.4 is 0 Å². The Kier molecular flexibility index (Phi) is 4.42. The zero-order chi connectivity index (χ0) is 9.83. The van der Waals surface area contributed by atoms with E-state index in [2.05, 4.69) is 4.52 Å². The summed E-state index contributed by atoms with van der Waals surface area (Å²) in [5, 5.41) is 0. The molecule has 0 aromatic heterocycles. The van der Waals surface area contributed by atoms with Gasteiger partial charge in [-0.2, -0.15) is 0 Å². The Labute approximate surface area is 73.2 Å². The van der Waals surface area contributed by atoms with Gasteiger partial charge >= 0.3 is 7.82 Å². The Morgan fingerprint density at radius 3 is 2.17 bits per heavy atom. The molecule has 1 unspecified atom stereocenters. The molecule has 4 nitrogen and oxygen atoms in total. The highest BCUT2D eigenvalue weighted by molar-refractivity contribution is 7.46. The van der Waals surface area contributed by atoms with Crippen molar-refractivity contribution in [2.45, 2.75) is 45.6 Å². The van der Waals surface area contributed by atoms with E-state index >= 15 is 0 Å². The topological polar surface area (TPSA) is 66.8 Å². The third kappa shape index (κ3) is 4.88. The molecule has 5 heteroatoms. The predicted molar refractivity (Wildman–Crippen MR) is 46.7 cm³/mol. The van der Waals surface area contributed by atoms with Crippen molar-refractivity contribution in [3.05, 3.63) is 0 Å². The van der Waals surface area contributed by atoms with Gasteiger partial charge < -0.3 is 9.79 Å². The second kappa shape index (κ2) is 4.38. The van der Waals surface area contributed by atoms with E-state index in [1.807, 2.05) is 13.8 Å². The van der Waals surface area contributed by atoms with E-state index in [1.165, 1.54) is 0 Å². The SMILES string of the molecule is CCCC(C)(CC)OP(=O)(O)O. The number of phosphoric acid groups is 1. The van der Waals surface area contributed by atoms with E-state index in [9.17, 15) is 4.57 Å². The molecule has 0 bridgehead atoms. The third-order valence-corrected chi connectivity index (χ3v) is 2.54. The van der Waals surface area contributed by atoms with Gasteiger partial charge in [0.15, 0.2) is 0 Å². The van der Waals surface area contributed by atoms with E-state index < -0.39 is 13.4 Å². The smallest absolute Gasteiger partial charge is 0.303 e. The fourth-order valence-corrected chi connectivity index (χ4v) is 1.90. The van der Waals surface area contributed by atoms with Gasteiger partial charge in [-0.05, 0) is 19.8 Å². The van der Waals surface area contributed by atoms with Gasteiger partial charge in [-0.3, -0.25) is 4.52 Å². The summed E-state index contributed by atoms with van der Waals surface area (Å²) in [6.45, 7) is 5.53. The van der Waals surface area contributed by atoms with Crippen LogP contribution in [0.1, 0.15) is 40.0 Å². The van der Waals surface area contributed by atoms with E-state index in [0.717, 1.165) is 6.42 Å². The molecule has 0 aliphatic carbocycles. The van der Waals surface area contributed by atoms with E-state index in [-0.39, 0.29) is 0 Å². The van der Waals surface area contributed by atoms with Crippen LogP contribution in [0.5, 0.6) is 0 Å². The van der Waals surface area contributed by atoms with Crippen molar-refractivity contribution in [3.63, 3.8) is 0 Å². The highest BCUT2D eigenvalue weighted by Gasteiger charge is 2.30. The van der Waals surface area contributed by atoms with Crippen LogP contribution in [0.25, 0.3) is 0 Å². The van der Waals surface area contributed by atoms with E-state index in [4.69, 9.17) is 9.79 Å². The Morgan fingerprint density at radius 1 is 1.42 bits per heavy atom. The Balaban J connectivity index is 4.23. The molecule has 0 aromatic carbocycles. The van der Waals surface area contributed by atoms with Gasteiger partial charge in [0.2, 0.25) is 0 Å². The van der Waals surface area contributed by atoms with Gasteiger partial charge in [0.1, 0.15) is 0 Å². The lowest BCUT2D eigenvalue weighted by molar-refractivity contribution is 0.0382. The van der Waals surface area contributed by atoms with Crippen LogP contribution in [0.15, 0.2) is 0 Å². The quantitative estimate of drug-likeness (QED) is 0.660. The van der Waals surface area contributed by atoms with Crippen LogP contribution in [0, 0.1) is 0 Å². The highest BCUT2D eigenvalue weighted by Crippen LogP contribution is 2.43. The summed E-state index contributed by atoms with van der Waals surface area (Å²) in [5.74, 6) is 0. The van der Waals surface area contributed by atoms with Gasteiger partial charge in [0, 0.05) is 0 Å². The zero-order valence-corrected chi connectivity index (χ0v) is 8.67. The normalized spacial score (nSPS) is 17.4. The first kappa shape index (κ1) is 12.1. The number of rotatable bonds is 5. The first-order chi connectivity index (χ1) is 5.33. The Bertz CT molecular complexity index is 176. The molecule has 0 radical (unpaired) electrons. The fraction of sp³-hybridized carbons (Fsp3) is 1.00. The average Bonchev–Trinajstić information content (AvgIpc) is 1.84. The second-order valence-corrected chi connectivity index (χ2v) is 4.30. The minimum absolute atomic E-state index is 0.603. The monoisotopic (exact) mass is 196 g/mol. The summed E-state index contributed by atoms with van der Waals surface area (Å²) in [6.07, 6.45) is 2.12. The third-order valence-electron chi connectivity index (χ3n) is 1.87. The van der Waals surface area contributed by atoms with Gasteiger partial charge in [-0.25, -0.2) is 4.57 Å². The molecule has 0 aliphatic heterocycles. The molecule has 2 N–H and O–H groups in total. The predicted octanol–water partition coefficient (Wildman–Crippen LogP) is 2.06. The largest absolute Gasteiger partial charge is 0.470 e. The molecule has 0 rings (SSSR count). The first-order valence-electron chi connectivity index (χ1n) is 4.09. The van der Waals surface area contributed by atoms with Crippen molar-refractivity contribution in [1.29, 1.82) is 0 Å². The molecule has 0 amide bonds. The number of hydrogen-bond acceptors (Lipinski definition) is 2. The molecule has 74 valence electrons. The van der Waals surface area contributed by atoms with Gasteiger partial charge in [0.05, 0.1) is 5.60 Å². The van der Waals surface area contributed by atoms with Crippen molar-refractivity contribution in [2.24, 2.45) is 0 Å². The molecular formula is C7H17O4P. The lowest BCUT2D eigenvalue weighted by Gasteiger charge is -2.27. The molecule has 0 aromatic rings. The van der Waals surface area contributed by atoms with Crippen LogP contribution in [0.3, 0.4) is 0 Å². The van der Waals surface area contributed by atoms with Gasteiger partial charge in [-0.1, -0.05) is 20.3 Å². The van der Waals surface area contributed by atoms with E-state index in [0.29, 0.717) is 12.8 Å². The summed E-state index contributed by atoms with van der Waals surface area (Å²) < 4.78 is 15.2. The van der Waals surface area contributed by atoms with Crippen molar-refractivity contribution in [3.8, 4) is 0 Å². The Morgan fingerprint density at radius 2 is 1.92 bits per heavy atom. The zero-order valence-electron chi connectivity index (χ0n) is 7.78. The molecular weight excluding hydrogens is 179 g/mol. The molecule has 0 spiro atoms. The molecule has 1 atom stereocenters. The van der Waals surface area contributed by atoms with Gasteiger partial charge in [-0.15, -0.1) is 0 Å². The van der Waals surface area contributed by atoms with Crippen LogP contribution in [0.4, 0.5) is 0 Å². The molecule has 0 saturated carbocycles. The summed E-state index contributed by atoms with van der Waals surface area (Å²) in [5.41, 5.74) is -0.687. The standard InChI is InChI=1S/C7H17O4P/c1-4-6-7(3,5-2)11-12(8,9)10/h4-6H2,1-3H3,(H2,8,9,10). The van der Waals surface area contributed by atoms with Crippen LogP contribution in [-0.4, -0.2) is 15.4 Å². The van der Waals surface area contributed by atoms with E-state index in [1.54, 1.807) is 6.92 Å². The molecule has 0 saturated heterocycles. The summed E-state index contributed by atoms with van der Waals surface area (Å²) in [4.78, 5) is 17.2. The average molecular weight is 196 g/mol. The first-order valence-corrected chi connectivity index (χ1v) is 5.62. The fourth-order valence-electron chi connectivity index (χ4n) is 1.10. The van der Waals surface area contributed by atoms with Crippen molar-refractivity contribution in [1.82, 2.24) is 0 Å². The minimum Gasteiger partial charge on any atom is -0.303 e. The molecule has 0 fully saturated rings. The molecule has 0 heterocycles. The second-order valence-electron chi connectivity index (χ2n) is 3.14. The maximum Gasteiger partial charge on any atom is 0.470 e. The molecule has 12 heavy (non-hydrogen) atoms. The van der Waals surface area contributed by atoms with Crippen LogP contribution >= 0.6 is 7.82 Å². The summed E-state index contributed by atoms with van der Waals surface area (Å²) in [7, 11) is -4.33. The van der Waals surface area contributed by atoms with Crippen molar-refractivity contribution >= 4 is 7.82 Å². The maximum atomic E-state index is 10.6. The maximum absolute atomic E-state index is 10.6. The minimum atomic E-state index is -4.33. The highest BCUT2D eigenvalue weighted by atomic mass is 31.2. The molecule has 0 aliphatic rings. The lowest BCUT2D eigenvalue weighted by atomic mass is 9.98. The van der Waals surface area contributed by atoms with Gasteiger partial charge in [0.25, 0.3) is 0 Å².